The highest BCUT2D eigenvalue weighted by molar-refractivity contribution is 5.40. The Labute approximate surface area is 78.0 Å². The smallest absolute Gasteiger partial charge is 0.130 e. The fourth-order valence-electron chi connectivity index (χ4n) is 1.98. The Kier molecular flexibility index (Phi) is 1.82. The Morgan fingerprint density at radius 3 is 2.92 bits per heavy atom. The summed E-state index contributed by atoms with van der Waals surface area (Å²) < 4.78 is 0. The van der Waals surface area contributed by atoms with Crippen molar-refractivity contribution in [3.8, 4) is 6.07 Å². The van der Waals surface area contributed by atoms with Gasteiger partial charge in [-0.1, -0.05) is 24.3 Å². The highest BCUT2D eigenvalue weighted by Crippen LogP contribution is 2.32. The Balaban J connectivity index is 2.56. The van der Waals surface area contributed by atoms with Gasteiger partial charge in [0.1, 0.15) is 5.54 Å². The van der Waals surface area contributed by atoms with E-state index in [1.807, 2.05) is 18.2 Å². The summed E-state index contributed by atoms with van der Waals surface area (Å²) in [6, 6.07) is 10.2. The van der Waals surface area contributed by atoms with Crippen molar-refractivity contribution in [3.05, 3.63) is 35.4 Å². The maximum atomic E-state index is 9.02. The van der Waals surface area contributed by atoms with Gasteiger partial charge in [-0.15, -0.1) is 0 Å². The van der Waals surface area contributed by atoms with Gasteiger partial charge in [-0.3, -0.25) is 0 Å². The number of fused-ring (bicyclic) bond motifs is 1. The third-order valence-electron chi connectivity index (χ3n) is 2.71. The molecular formula is C11H12N2. The average Bonchev–Trinajstić information content (AvgIpc) is 2.19. The molecule has 2 heteroatoms. The van der Waals surface area contributed by atoms with Gasteiger partial charge >= 0.3 is 0 Å². The summed E-state index contributed by atoms with van der Waals surface area (Å²) in [5, 5.41) is 9.02. The lowest BCUT2D eigenvalue weighted by atomic mass is 9.78. The van der Waals surface area contributed by atoms with Crippen LogP contribution in [0.25, 0.3) is 0 Å². The molecule has 0 aromatic heterocycles. The first kappa shape index (κ1) is 8.28. The van der Waals surface area contributed by atoms with Crippen LogP contribution in [0.3, 0.4) is 0 Å². The van der Waals surface area contributed by atoms with Crippen LogP contribution in [0.4, 0.5) is 0 Å². The first-order valence-electron chi connectivity index (χ1n) is 4.55. The van der Waals surface area contributed by atoms with E-state index in [-0.39, 0.29) is 0 Å². The molecule has 1 aliphatic rings. The van der Waals surface area contributed by atoms with Crippen LogP contribution in [-0.2, 0) is 12.0 Å². The van der Waals surface area contributed by atoms with E-state index in [4.69, 9.17) is 11.0 Å². The van der Waals surface area contributed by atoms with Crippen molar-refractivity contribution in [2.24, 2.45) is 5.73 Å². The quantitative estimate of drug-likeness (QED) is 0.647. The molecule has 13 heavy (non-hydrogen) atoms. The molecule has 2 rings (SSSR count). The van der Waals surface area contributed by atoms with Gasteiger partial charge in [0, 0.05) is 0 Å². The largest absolute Gasteiger partial charge is 0.310 e. The second-order valence-electron chi connectivity index (χ2n) is 3.59. The SMILES string of the molecule is N#CC1(N)CCCc2ccccc21. The van der Waals surface area contributed by atoms with Crippen molar-refractivity contribution in [3.63, 3.8) is 0 Å². The molecule has 1 aromatic rings. The van der Waals surface area contributed by atoms with Gasteiger partial charge in [0.15, 0.2) is 0 Å². The summed E-state index contributed by atoms with van der Waals surface area (Å²) in [4.78, 5) is 0. The summed E-state index contributed by atoms with van der Waals surface area (Å²) in [5.74, 6) is 0. The summed E-state index contributed by atoms with van der Waals surface area (Å²) in [7, 11) is 0. The van der Waals surface area contributed by atoms with Crippen LogP contribution in [0.2, 0.25) is 0 Å². The van der Waals surface area contributed by atoms with Gasteiger partial charge in [-0.05, 0) is 30.4 Å². The van der Waals surface area contributed by atoms with E-state index >= 15 is 0 Å². The zero-order valence-electron chi connectivity index (χ0n) is 7.46. The van der Waals surface area contributed by atoms with Crippen molar-refractivity contribution in [2.45, 2.75) is 24.8 Å². The van der Waals surface area contributed by atoms with Crippen LogP contribution >= 0.6 is 0 Å². The second-order valence-corrected chi connectivity index (χ2v) is 3.59. The normalized spacial score (nSPS) is 26.2. The number of nitrogens with zero attached hydrogens (tertiary/aromatic N) is 1. The summed E-state index contributed by atoms with van der Waals surface area (Å²) in [5.41, 5.74) is 7.52. The molecule has 1 atom stereocenters. The third kappa shape index (κ3) is 1.22. The second kappa shape index (κ2) is 2.86. The highest BCUT2D eigenvalue weighted by atomic mass is 14.7. The zero-order valence-corrected chi connectivity index (χ0v) is 7.46. The first-order valence-corrected chi connectivity index (χ1v) is 4.55. The molecule has 0 saturated heterocycles. The van der Waals surface area contributed by atoms with Gasteiger partial charge in [-0.2, -0.15) is 5.26 Å². The van der Waals surface area contributed by atoms with E-state index < -0.39 is 5.54 Å². The molecule has 0 aliphatic heterocycles. The minimum Gasteiger partial charge on any atom is -0.310 e. The Morgan fingerprint density at radius 1 is 1.38 bits per heavy atom. The molecule has 0 spiro atoms. The molecule has 1 unspecified atom stereocenters. The maximum absolute atomic E-state index is 9.02. The molecule has 0 heterocycles. The summed E-state index contributed by atoms with van der Waals surface area (Å²) >= 11 is 0. The Hall–Kier alpha value is -1.33. The van der Waals surface area contributed by atoms with E-state index in [9.17, 15) is 0 Å². The molecule has 2 N–H and O–H groups in total. The Bertz CT molecular complexity index is 365. The van der Waals surface area contributed by atoms with Crippen molar-refractivity contribution < 1.29 is 0 Å². The van der Waals surface area contributed by atoms with Gasteiger partial charge in [-0.25, -0.2) is 0 Å². The van der Waals surface area contributed by atoms with Gasteiger partial charge in [0.25, 0.3) is 0 Å². The van der Waals surface area contributed by atoms with E-state index in [0.717, 1.165) is 24.8 Å². The predicted octanol–water partition coefficient (Wildman–Crippen LogP) is 1.70. The van der Waals surface area contributed by atoms with Crippen LogP contribution in [0.1, 0.15) is 24.0 Å². The van der Waals surface area contributed by atoms with Gasteiger partial charge in [0.2, 0.25) is 0 Å². The lowest BCUT2D eigenvalue weighted by molar-refractivity contribution is 0.469. The van der Waals surface area contributed by atoms with E-state index in [1.54, 1.807) is 0 Å². The first-order chi connectivity index (χ1) is 6.26. The average molecular weight is 172 g/mol. The van der Waals surface area contributed by atoms with Crippen LogP contribution in [-0.4, -0.2) is 0 Å². The van der Waals surface area contributed by atoms with Crippen molar-refractivity contribution in [2.75, 3.05) is 0 Å². The number of hydrogen-bond acceptors (Lipinski definition) is 2. The fourth-order valence-corrected chi connectivity index (χ4v) is 1.98. The predicted molar refractivity (Wildman–Crippen MR) is 50.9 cm³/mol. The van der Waals surface area contributed by atoms with E-state index in [1.165, 1.54) is 5.56 Å². The molecule has 0 amide bonds. The lowest BCUT2D eigenvalue weighted by Gasteiger charge is -2.29. The highest BCUT2D eigenvalue weighted by Gasteiger charge is 2.31. The number of nitriles is 1. The monoisotopic (exact) mass is 172 g/mol. The number of nitrogens with two attached hydrogens (primary N) is 1. The van der Waals surface area contributed by atoms with Crippen molar-refractivity contribution in [1.29, 1.82) is 5.26 Å². The molecule has 0 fully saturated rings. The van der Waals surface area contributed by atoms with Gasteiger partial charge < -0.3 is 5.73 Å². The lowest BCUT2D eigenvalue weighted by Crippen LogP contribution is -2.38. The van der Waals surface area contributed by atoms with E-state index in [0.29, 0.717) is 0 Å². The standard InChI is InChI=1S/C11H12N2/c12-8-11(13)7-3-5-9-4-1-2-6-10(9)11/h1-2,4,6H,3,5,7,13H2. The minimum absolute atomic E-state index is 0.741. The molecule has 1 aliphatic carbocycles. The van der Waals surface area contributed by atoms with Crippen molar-refractivity contribution in [1.82, 2.24) is 0 Å². The number of benzene rings is 1. The summed E-state index contributed by atoms with van der Waals surface area (Å²) in [6.07, 6.45) is 2.85. The molecule has 0 saturated carbocycles. The molecule has 1 aromatic carbocycles. The molecule has 66 valence electrons. The Morgan fingerprint density at radius 2 is 2.15 bits per heavy atom. The topological polar surface area (TPSA) is 49.8 Å². The third-order valence-corrected chi connectivity index (χ3v) is 2.71. The van der Waals surface area contributed by atoms with Gasteiger partial charge in [0.05, 0.1) is 6.07 Å². The van der Waals surface area contributed by atoms with Crippen LogP contribution in [0.5, 0.6) is 0 Å². The van der Waals surface area contributed by atoms with Crippen LogP contribution < -0.4 is 5.73 Å². The maximum Gasteiger partial charge on any atom is 0.130 e. The number of rotatable bonds is 0. The minimum atomic E-state index is -0.741. The fraction of sp³-hybridized carbons (Fsp3) is 0.364. The molecular weight excluding hydrogens is 160 g/mol. The van der Waals surface area contributed by atoms with Crippen LogP contribution in [0.15, 0.2) is 24.3 Å². The van der Waals surface area contributed by atoms with Crippen molar-refractivity contribution >= 4 is 0 Å². The number of aryl methyl sites for hydroxylation is 1. The molecule has 0 bridgehead atoms. The number of hydrogen-bond donors (Lipinski definition) is 1. The zero-order chi connectivity index (χ0) is 9.31. The summed E-state index contributed by atoms with van der Waals surface area (Å²) in [6.45, 7) is 0. The van der Waals surface area contributed by atoms with Crippen LogP contribution in [0, 0.1) is 11.3 Å². The molecule has 2 nitrogen and oxygen atoms in total. The molecule has 0 radical (unpaired) electrons. The van der Waals surface area contributed by atoms with E-state index in [2.05, 4.69) is 12.1 Å².